The van der Waals surface area contributed by atoms with Gasteiger partial charge < -0.3 is 0 Å². The fraction of sp³-hybridized carbons (Fsp3) is 0.375. The Kier molecular flexibility index (Phi) is 2.87. The van der Waals surface area contributed by atoms with Crippen LogP contribution in [0.4, 0.5) is 5.69 Å². The highest BCUT2D eigenvalue weighted by molar-refractivity contribution is 7.79. The van der Waals surface area contributed by atoms with Crippen LogP contribution in [0.2, 0.25) is 0 Å². The number of nitrogens with zero attached hydrogens (tertiary/aromatic N) is 2. The van der Waals surface area contributed by atoms with Gasteiger partial charge in [0.25, 0.3) is 5.69 Å². The summed E-state index contributed by atoms with van der Waals surface area (Å²) in [6, 6.07) is 0. The third kappa shape index (κ3) is 1.80. The Morgan fingerprint density at radius 3 is 2.69 bits per heavy atom. The molecule has 0 saturated heterocycles. The molecule has 1 rings (SSSR count). The highest BCUT2D eigenvalue weighted by Gasteiger charge is 2.17. The molecule has 0 amide bonds. The maximum atomic E-state index is 10.7. The fourth-order valence-electron chi connectivity index (χ4n) is 1.21. The van der Waals surface area contributed by atoms with Crippen molar-refractivity contribution in [2.45, 2.75) is 19.6 Å². The largest absolute Gasteiger partial charge is 0.278 e. The normalized spacial score (nSPS) is 10.1. The number of thiol groups is 1. The number of pyridine rings is 1. The molecular weight excluding hydrogens is 188 g/mol. The lowest BCUT2D eigenvalue weighted by Crippen LogP contribution is -2.00. The van der Waals surface area contributed by atoms with Gasteiger partial charge in [0.2, 0.25) is 0 Å². The fourth-order valence-corrected chi connectivity index (χ4v) is 1.52. The van der Waals surface area contributed by atoms with Crippen LogP contribution in [0.25, 0.3) is 0 Å². The molecule has 0 aliphatic rings. The van der Waals surface area contributed by atoms with E-state index in [0.717, 1.165) is 0 Å². The number of aryl methyl sites for hydroxylation is 1. The monoisotopic (exact) mass is 198 g/mol. The van der Waals surface area contributed by atoms with E-state index in [0.29, 0.717) is 22.6 Å². The van der Waals surface area contributed by atoms with Crippen molar-refractivity contribution in [1.82, 2.24) is 4.98 Å². The summed E-state index contributed by atoms with van der Waals surface area (Å²) in [5, 5.41) is 10.7. The summed E-state index contributed by atoms with van der Waals surface area (Å²) in [5.41, 5.74) is 2.02. The van der Waals surface area contributed by atoms with Crippen LogP contribution in [0, 0.1) is 24.0 Å². The molecule has 5 heteroatoms. The van der Waals surface area contributed by atoms with Crippen molar-refractivity contribution >= 4 is 18.3 Å². The minimum absolute atomic E-state index is 0.152. The van der Waals surface area contributed by atoms with Gasteiger partial charge in [-0.25, -0.2) is 0 Å². The summed E-state index contributed by atoms with van der Waals surface area (Å²) in [5.74, 6) is 0.424. The van der Waals surface area contributed by atoms with Gasteiger partial charge in [0.05, 0.1) is 10.6 Å². The van der Waals surface area contributed by atoms with E-state index in [-0.39, 0.29) is 10.6 Å². The Morgan fingerprint density at radius 1 is 1.62 bits per heavy atom. The predicted octanol–water partition coefficient (Wildman–Crippen LogP) is 2.04. The van der Waals surface area contributed by atoms with Gasteiger partial charge in [0.1, 0.15) is 0 Å². The van der Waals surface area contributed by atoms with Gasteiger partial charge >= 0.3 is 0 Å². The zero-order valence-electron chi connectivity index (χ0n) is 7.44. The molecule has 70 valence electrons. The molecule has 1 heterocycles. The van der Waals surface area contributed by atoms with Crippen molar-refractivity contribution < 1.29 is 4.92 Å². The molecule has 4 nitrogen and oxygen atoms in total. The third-order valence-electron chi connectivity index (χ3n) is 1.91. The summed E-state index contributed by atoms with van der Waals surface area (Å²) in [4.78, 5) is 14.3. The van der Waals surface area contributed by atoms with Crippen molar-refractivity contribution in [1.29, 1.82) is 0 Å². The average Bonchev–Trinajstić information content (AvgIpc) is 2.04. The minimum Gasteiger partial charge on any atom is -0.259 e. The SMILES string of the molecule is Cc1cnc(CS)c(C)c1[N+](=O)[O-]. The van der Waals surface area contributed by atoms with E-state index in [1.165, 1.54) is 6.20 Å². The third-order valence-corrected chi connectivity index (χ3v) is 2.21. The van der Waals surface area contributed by atoms with Crippen LogP contribution < -0.4 is 0 Å². The van der Waals surface area contributed by atoms with Crippen molar-refractivity contribution in [3.05, 3.63) is 33.1 Å². The lowest BCUT2D eigenvalue weighted by molar-refractivity contribution is -0.386. The van der Waals surface area contributed by atoms with Crippen molar-refractivity contribution in [2.75, 3.05) is 0 Å². The standard InChI is InChI=1S/C8H10N2O2S/c1-5-3-9-7(4-13)6(2)8(5)10(11)12/h3,13H,4H2,1-2H3. The highest BCUT2D eigenvalue weighted by atomic mass is 32.1. The van der Waals surface area contributed by atoms with Crippen LogP contribution in [-0.2, 0) is 5.75 Å². The first-order valence-corrected chi connectivity index (χ1v) is 4.41. The molecule has 0 atom stereocenters. The van der Waals surface area contributed by atoms with Gasteiger partial charge in [0.15, 0.2) is 0 Å². The summed E-state index contributed by atoms with van der Waals surface area (Å²) >= 11 is 4.04. The molecule has 0 unspecified atom stereocenters. The Balaban J connectivity index is 3.38. The van der Waals surface area contributed by atoms with E-state index in [1.807, 2.05) is 0 Å². The lowest BCUT2D eigenvalue weighted by atomic mass is 10.1. The molecule has 1 aromatic heterocycles. The number of hydrogen-bond acceptors (Lipinski definition) is 4. The first-order chi connectivity index (χ1) is 6.07. The van der Waals surface area contributed by atoms with Gasteiger partial charge in [-0.3, -0.25) is 15.1 Å². The average molecular weight is 198 g/mol. The molecule has 0 radical (unpaired) electrons. The molecule has 0 fully saturated rings. The van der Waals surface area contributed by atoms with Crippen molar-refractivity contribution in [3.8, 4) is 0 Å². The van der Waals surface area contributed by atoms with Crippen LogP contribution in [0.1, 0.15) is 16.8 Å². The van der Waals surface area contributed by atoms with E-state index in [1.54, 1.807) is 13.8 Å². The summed E-state index contributed by atoms with van der Waals surface area (Å²) < 4.78 is 0. The molecule has 0 N–H and O–H groups in total. The van der Waals surface area contributed by atoms with Crippen molar-refractivity contribution in [3.63, 3.8) is 0 Å². The molecule has 13 heavy (non-hydrogen) atoms. The zero-order chi connectivity index (χ0) is 10.0. The van der Waals surface area contributed by atoms with Gasteiger partial charge in [-0.2, -0.15) is 12.6 Å². The maximum absolute atomic E-state index is 10.7. The molecular formula is C8H10N2O2S. The molecule has 0 bridgehead atoms. The van der Waals surface area contributed by atoms with E-state index in [4.69, 9.17) is 0 Å². The van der Waals surface area contributed by atoms with Gasteiger partial charge in [0, 0.05) is 23.1 Å². The first-order valence-electron chi connectivity index (χ1n) is 3.78. The molecule has 0 saturated carbocycles. The topological polar surface area (TPSA) is 56.0 Å². The summed E-state index contributed by atoms with van der Waals surface area (Å²) in [6.07, 6.45) is 1.51. The maximum Gasteiger partial charge on any atom is 0.278 e. The number of rotatable bonds is 2. The number of hydrogen-bond donors (Lipinski definition) is 1. The molecule has 0 spiro atoms. The molecule has 0 aromatic carbocycles. The van der Waals surface area contributed by atoms with E-state index in [9.17, 15) is 10.1 Å². The Bertz CT molecular complexity index is 352. The lowest BCUT2D eigenvalue weighted by Gasteiger charge is -2.04. The predicted molar refractivity (Wildman–Crippen MR) is 53.1 cm³/mol. The van der Waals surface area contributed by atoms with Gasteiger partial charge in [-0.05, 0) is 13.8 Å². The molecule has 0 aliphatic heterocycles. The van der Waals surface area contributed by atoms with Gasteiger partial charge in [-0.1, -0.05) is 0 Å². The zero-order valence-corrected chi connectivity index (χ0v) is 8.34. The highest BCUT2D eigenvalue weighted by Crippen LogP contribution is 2.24. The van der Waals surface area contributed by atoms with Crippen LogP contribution in [0.3, 0.4) is 0 Å². The minimum atomic E-state index is -0.376. The molecule has 0 aliphatic carbocycles. The van der Waals surface area contributed by atoms with Crippen LogP contribution in [0.5, 0.6) is 0 Å². The first kappa shape index (κ1) is 9.98. The number of nitro groups is 1. The van der Waals surface area contributed by atoms with Crippen molar-refractivity contribution in [2.24, 2.45) is 0 Å². The quantitative estimate of drug-likeness (QED) is 0.449. The smallest absolute Gasteiger partial charge is 0.259 e. The second-order valence-corrected chi connectivity index (χ2v) is 3.09. The second-order valence-electron chi connectivity index (χ2n) is 2.78. The second kappa shape index (κ2) is 3.74. The Morgan fingerprint density at radius 2 is 2.23 bits per heavy atom. The molecule has 1 aromatic rings. The van der Waals surface area contributed by atoms with E-state index >= 15 is 0 Å². The Hall–Kier alpha value is -1.10. The van der Waals surface area contributed by atoms with Crippen LogP contribution in [0.15, 0.2) is 6.20 Å². The van der Waals surface area contributed by atoms with E-state index in [2.05, 4.69) is 17.6 Å². The van der Waals surface area contributed by atoms with Crippen LogP contribution in [-0.4, -0.2) is 9.91 Å². The van der Waals surface area contributed by atoms with Gasteiger partial charge in [-0.15, -0.1) is 0 Å². The Labute approximate surface area is 81.6 Å². The summed E-state index contributed by atoms with van der Waals surface area (Å²) in [6.45, 7) is 3.38. The summed E-state index contributed by atoms with van der Waals surface area (Å²) in [7, 11) is 0. The number of aromatic nitrogens is 1. The van der Waals surface area contributed by atoms with E-state index < -0.39 is 0 Å². The van der Waals surface area contributed by atoms with Crippen LogP contribution >= 0.6 is 12.6 Å².